The number of rotatable bonds is 8. The summed E-state index contributed by atoms with van der Waals surface area (Å²) in [6.45, 7) is 3.42. The Morgan fingerprint density at radius 1 is 1.14 bits per heavy atom. The molecule has 10 heteroatoms. The van der Waals surface area contributed by atoms with Crippen LogP contribution in [0.4, 0.5) is 14.6 Å². The van der Waals surface area contributed by atoms with Gasteiger partial charge in [-0.05, 0) is 28.7 Å². The van der Waals surface area contributed by atoms with Crippen molar-refractivity contribution in [3.63, 3.8) is 0 Å². The number of anilines is 1. The molecule has 0 spiro atoms. The minimum absolute atomic E-state index is 0.0106. The molecule has 4 rings (SSSR count). The second kappa shape index (κ2) is 11.1. The second-order valence-electron chi connectivity index (χ2n) is 9.81. The topological polar surface area (TPSA) is 83.4 Å². The molecule has 2 aromatic carbocycles. The summed E-state index contributed by atoms with van der Waals surface area (Å²) in [7, 11) is 3.60. The number of likely N-dealkylation sites (tertiary alicyclic amines) is 1. The SMILES string of the molecule is CC(C)c1ccc([C@@H](NC(=O)[C@@H]2C[C@@H](F)CN2C(=O)Cn2ncc(N(C)C)n2)c2ccccc2)cc1F. The molecule has 1 N–H and O–H groups in total. The highest BCUT2D eigenvalue weighted by Crippen LogP contribution is 2.28. The van der Waals surface area contributed by atoms with Gasteiger partial charge in [-0.15, -0.1) is 5.10 Å². The molecule has 0 unspecified atom stereocenters. The normalized spacial score (nSPS) is 18.2. The quantitative estimate of drug-likeness (QED) is 0.502. The van der Waals surface area contributed by atoms with Crippen LogP contribution in [0.5, 0.6) is 0 Å². The van der Waals surface area contributed by atoms with Gasteiger partial charge in [-0.2, -0.15) is 9.90 Å². The fourth-order valence-electron chi connectivity index (χ4n) is 4.52. The van der Waals surface area contributed by atoms with Crippen LogP contribution < -0.4 is 10.2 Å². The second-order valence-corrected chi connectivity index (χ2v) is 9.81. The number of benzene rings is 2. The van der Waals surface area contributed by atoms with E-state index in [4.69, 9.17) is 0 Å². The molecule has 1 aromatic heterocycles. The summed E-state index contributed by atoms with van der Waals surface area (Å²) in [5.41, 5.74) is 1.89. The number of carbonyl (C=O) groups is 2. The van der Waals surface area contributed by atoms with Crippen molar-refractivity contribution in [2.24, 2.45) is 0 Å². The van der Waals surface area contributed by atoms with Gasteiger partial charge in [0.05, 0.1) is 18.8 Å². The first-order valence-electron chi connectivity index (χ1n) is 12.3. The predicted octanol–water partition coefficient (Wildman–Crippen LogP) is 3.45. The lowest BCUT2D eigenvalue weighted by atomic mass is 9.94. The van der Waals surface area contributed by atoms with Crippen LogP contribution in [0.25, 0.3) is 0 Å². The molecular weight excluding hydrogens is 478 g/mol. The summed E-state index contributed by atoms with van der Waals surface area (Å²) in [5, 5.41) is 11.2. The van der Waals surface area contributed by atoms with E-state index in [-0.39, 0.29) is 31.2 Å². The third-order valence-corrected chi connectivity index (χ3v) is 6.53. The van der Waals surface area contributed by atoms with Gasteiger partial charge < -0.3 is 15.1 Å². The Morgan fingerprint density at radius 2 is 1.86 bits per heavy atom. The molecular formula is C27H32F2N6O2. The van der Waals surface area contributed by atoms with Crippen LogP contribution in [-0.2, 0) is 16.1 Å². The van der Waals surface area contributed by atoms with E-state index in [0.29, 0.717) is 16.9 Å². The molecule has 0 bridgehead atoms. The average molecular weight is 511 g/mol. The van der Waals surface area contributed by atoms with E-state index >= 15 is 0 Å². The fourth-order valence-corrected chi connectivity index (χ4v) is 4.52. The van der Waals surface area contributed by atoms with Crippen LogP contribution >= 0.6 is 0 Å². The molecule has 1 fully saturated rings. The fraction of sp³-hybridized carbons (Fsp3) is 0.407. The van der Waals surface area contributed by atoms with Crippen LogP contribution in [-0.4, -0.2) is 64.6 Å². The molecule has 37 heavy (non-hydrogen) atoms. The lowest BCUT2D eigenvalue weighted by Gasteiger charge is -2.27. The number of nitrogens with zero attached hydrogens (tertiary/aromatic N) is 5. The van der Waals surface area contributed by atoms with E-state index in [1.165, 1.54) is 22.0 Å². The van der Waals surface area contributed by atoms with Gasteiger partial charge in [0.15, 0.2) is 5.82 Å². The van der Waals surface area contributed by atoms with Crippen molar-refractivity contribution in [3.8, 4) is 0 Å². The standard InChI is InChI=1S/C27H32F2N6O2/c1-17(2)21-11-10-19(12-22(21)29)26(18-8-6-5-7-9-18)31-27(37)23-13-20(28)15-34(23)25(36)16-35-30-14-24(32-35)33(3)4/h5-12,14,17,20,23,26H,13,15-16H2,1-4H3,(H,31,37)/t20-,23+,26+/m1/s1. The average Bonchev–Trinajstić information content (AvgIpc) is 3.49. The van der Waals surface area contributed by atoms with Crippen molar-refractivity contribution in [1.29, 1.82) is 0 Å². The van der Waals surface area contributed by atoms with Gasteiger partial charge in [-0.25, -0.2) is 8.78 Å². The molecule has 1 saturated heterocycles. The van der Waals surface area contributed by atoms with E-state index in [9.17, 15) is 18.4 Å². The van der Waals surface area contributed by atoms with Crippen molar-refractivity contribution in [2.45, 2.75) is 51.0 Å². The number of nitrogens with one attached hydrogen (secondary N) is 1. The summed E-state index contributed by atoms with van der Waals surface area (Å²) in [4.78, 5) is 30.7. The number of alkyl halides is 1. The Hall–Kier alpha value is -3.82. The lowest BCUT2D eigenvalue weighted by Crippen LogP contribution is -2.48. The predicted molar refractivity (Wildman–Crippen MR) is 136 cm³/mol. The third-order valence-electron chi connectivity index (χ3n) is 6.53. The molecule has 2 heterocycles. The summed E-state index contributed by atoms with van der Waals surface area (Å²) in [5.74, 6) is -0.722. The monoisotopic (exact) mass is 510 g/mol. The van der Waals surface area contributed by atoms with E-state index in [2.05, 4.69) is 15.5 Å². The largest absolute Gasteiger partial charge is 0.360 e. The zero-order valence-electron chi connectivity index (χ0n) is 21.4. The Bertz CT molecular complexity index is 1250. The first-order chi connectivity index (χ1) is 17.6. The molecule has 0 aliphatic carbocycles. The Balaban J connectivity index is 1.56. The maximum Gasteiger partial charge on any atom is 0.246 e. The van der Waals surface area contributed by atoms with Gasteiger partial charge in [0, 0.05) is 20.5 Å². The van der Waals surface area contributed by atoms with Gasteiger partial charge in [-0.1, -0.05) is 56.3 Å². The number of halogens is 2. The van der Waals surface area contributed by atoms with E-state index in [1.54, 1.807) is 31.1 Å². The first-order valence-corrected chi connectivity index (χ1v) is 12.3. The van der Waals surface area contributed by atoms with E-state index in [0.717, 1.165) is 5.56 Å². The summed E-state index contributed by atoms with van der Waals surface area (Å²) < 4.78 is 29.3. The number of hydrogen-bond donors (Lipinski definition) is 1. The molecule has 196 valence electrons. The van der Waals surface area contributed by atoms with Crippen LogP contribution in [0.3, 0.4) is 0 Å². The summed E-state index contributed by atoms with van der Waals surface area (Å²) in [6, 6.07) is 12.4. The molecule has 1 aliphatic rings. The highest BCUT2D eigenvalue weighted by atomic mass is 19.1. The first kappa shape index (κ1) is 26.2. The van der Waals surface area contributed by atoms with Crippen molar-refractivity contribution >= 4 is 17.6 Å². The van der Waals surface area contributed by atoms with Crippen LogP contribution in [0, 0.1) is 5.82 Å². The minimum Gasteiger partial charge on any atom is -0.360 e. The summed E-state index contributed by atoms with van der Waals surface area (Å²) >= 11 is 0. The van der Waals surface area contributed by atoms with Gasteiger partial charge in [0.2, 0.25) is 11.8 Å². The van der Waals surface area contributed by atoms with Crippen molar-refractivity contribution in [3.05, 3.63) is 77.2 Å². The summed E-state index contributed by atoms with van der Waals surface area (Å²) in [6.07, 6.45) is 0.0727. The van der Waals surface area contributed by atoms with Crippen molar-refractivity contribution in [1.82, 2.24) is 25.2 Å². The highest BCUT2D eigenvalue weighted by molar-refractivity contribution is 5.88. The van der Waals surface area contributed by atoms with E-state index in [1.807, 2.05) is 44.2 Å². The van der Waals surface area contributed by atoms with Crippen LogP contribution in [0.15, 0.2) is 54.7 Å². The maximum atomic E-state index is 14.9. The molecule has 0 saturated carbocycles. The highest BCUT2D eigenvalue weighted by Gasteiger charge is 2.40. The van der Waals surface area contributed by atoms with Gasteiger partial charge in [-0.3, -0.25) is 9.59 Å². The van der Waals surface area contributed by atoms with E-state index < -0.39 is 30.1 Å². The Kier molecular flexibility index (Phi) is 7.85. The lowest BCUT2D eigenvalue weighted by molar-refractivity contribution is -0.139. The number of hydrogen-bond acceptors (Lipinski definition) is 5. The van der Waals surface area contributed by atoms with Crippen LogP contribution in [0.1, 0.15) is 48.9 Å². The zero-order chi connectivity index (χ0) is 26.7. The number of carbonyl (C=O) groups excluding carboxylic acids is 2. The molecule has 3 atom stereocenters. The Labute approximate surface area is 215 Å². The zero-order valence-corrected chi connectivity index (χ0v) is 21.4. The Morgan fingerprint density at radius 3 is 2.49 bits per heavy atom. The molecule has 8 nitrogen and oxygen atoms in total. The maximum absolute atomic E-state index is 14.9. The molecule has 0 radical (unpaired) electrons. The van der Waals surface area contributed by atoms with Gasteiger partial charge >= 0.3 is 0 Å². The smallest absolute Gasteiger partial charge is 0.246 e. The van der Waals surface area contributed by atoms with Crippen molar-refractivity contribution < 1.29 is 18.4 Å². The number of amides is 2. The van der Waals surface area contributed by atoms with Gasteiger partial charge in [0.1, 0.15) is 24.6 Å². The molecule has 2 amide bonds. The third kappa shape index (κ3) is 5.95. The minimum atomic E-state index is -1.33. The number of aromatic nitrogens is 3. The van der Waals surface area contributed by atoms with Gasteiger partial charge in [0.25, 0.3) is 0 Å². The van der Waals surface area contributed by atoms with Crippen LogP contribution in [0.2, 0.25) is 0 Å². The molecule has 3 aromatic rings. The molecule has 1 aliphatic heterocycles. The van der Waals surface area contributed by atoms with Crippen molar-refractivity contribution in [2.75, 3.05) is 25.5 Å².